The van der Waals surface area contributed by atoms with Crippen LogP contribution in [-0.4, -0.2) is 38.4 Å². The van der Waals surface area contributed by atoms with Crippen LogP contribution in [0.5, 0.6) is 0 Å². The van der Waals surface area contributed by atoms with Crippen molar-refractivity contribution < 1.29 is 17.2 Å². The minimum atomic E-state index is -4.17. The number of rotatable bonds is 5. The van der Waals surface area contributed by atoms with E-state index in [-0.39, 0.29) is 12.6 Å². The van der Waals surface area contributed by atoms with Crippen LogP contribution in [0.15, 0.2) is 23.1 Å². The Morgan fingerprint density at radius 2 is 1.81 bits per heavy atom. The molecule has 1 aromatic rings. The number of sulfonamides is 1. The molecule has 7 heteroatoms. The molecule has 1 aromatic carbocycles. The lowest BCUT2D eigenvalue weighted by atomic mass is 10.1. The van der Waals surface area contributed by atoms with Crippen LogP contribution in [-0.2, 0) is 10.0 Å². The number of halogens is 2. The van der Waals surface area contributed by atoms with Gasteiger partial charge < -0.3 is 5.32 Å². The molecule has 1 aliphatic heterocycles. The number of nitrogens with one attached hydrogen (secondary N) is 1. The summed E-state index contributed by atoms with van der Waals surface area (Å²) in [6.45, 7) is 3.53. The monoisotopic (exact) mass is 318 g/mol. The molecule has 0 bridgehead atoms. The lowest BCUT2D eigenvalue weighted by Crippen LogP contribution is -2.46. The van der Waals surface area contributed by atoms with Crippen LogP contribution >= 0.6 is 0 Å². The summed E-state index contributed by atoms with van der Waals surface area (Å²) in [5.41, 5.74) is 0. The number of nitrogens with zero attached hydrogens (tertiary/aromatic N) is 1. The van der Waals surface area contributed by atoms with Gasteiger partial charge in [-0.1, -0.05) is 13.0 Å². The highest BCUT2D eigenvalue weighted by atomic mass is 32.2. The van der Waals surface area contributed by atoms with Gasteiger partial charge in [0.2, 0.25) is 10.0 Å². The van der Waals surface area contributed by atoms with Crippen molar-refractivity contribution >= 4 is 10.0 Å². The van der Waals surface area contributed by atoms with Gasteiger partial charge in [-0.15, -0.1) is 0 Å². The normalized spacial score (nSPS) is 17.3. The molecule has 0 spiro atoms. The Morgan fingerprint density at radius 1 is 1.24 bits per heavy atom. The molecule has 21 heavy (non-hydrogen) atoms. The van der Waals surface area contributed by atoms with Crippen molar-refractivity contribution in [2.75, 3.05) is 19.6 Å². The van der Waals surface area contributed by atoms with Gasteiger partial charge in [-0.05, 0) is 44.5 Å². The van der Waals surface area contributed by atoms with E-state index in [9.17, 15) is 17.2 Å². The third-order valence-corrected chi connectivity index (χ3v) is 5.65. The van der Waals surface area contributed by atoms with Crippen LogP contribution in [0.1, 0.15) is 26.2 Å². The number of benzene rings is 1. The molecule has 1 fully saturated rings. The lowest BCUT2D eigenvalue weighted by molar-refractivity contribution is 0.260. The van der Waals surface area contributed by atoms with Crippen molar-refractivity contribution in [1.29, 1.82) is 0 Å². The predicted octanol–water partition coefficient (Wildman–Crippen LogP) is 2.12. The second-order valence-corrected chi connectivity index (χ2v) is 6.98. The minimum Gasteiger partial charge on any atom is -0.317 e. The molecule has 0 aromatic heterocycles. The summed E-state index contributed by atoms with van der Waals surface area (Å²) in [7, 11) is -4.17. The Labute approximate surface area is 124 Å². The van der Waals surface area contributed by atoms with Crippen molar-refractivity contribution in [2.24, 2.45) is 0 Å². The van der Waals surface area contributed by atoms with E-state index < -0.39 is 26.6 Å². The predicted molar refractivity (Wildman–Crippen MR) is 76.4 cm³/mol. The number of piperidine rings is 1. The third kappa shape index (κ3) is 3.41. The second-order valence-electron chi connectivity index (χ2n) is 5.15. The molecule has 2 rings (SSSR count). The van der Waals surface area contributed by atoms with Gasteiger partial charge in [0.25, 0.3) is 0 Å². The zero-order chi connectivity index (χ0) is 15.5. The molecule has 0 unspecified atom stereocenters. The van der Waals surface area contributed by atoms with Gasteiger partial charge in [-0.25, -0.2) is 17.2 Å². The largest absolute Gasteiger partial charge is 0.317 e. The molecule has 118 valence electrons. The van der Waals surface area contributed by atoms with Crippen LogP contribution in [0.2, 0.25) is 0 Å². The molecular formula is C14H20F2N2O2S. The smallest absolute Gasteiger partial charge is 0.249 e. The summed E-state index contributed by atoms with van der Waals surface area (Å²) in [5, 5.41) is 3.16. The molecule has 0 aliphatic carbocycles. The fourth-order valence-electron chi connectivity index (χ4n) is 2.66. The molecule has 1 heterocycles. The van der Waals surface area contributed by atoms with E-state index in [1.54, 1.807) is 0 Å². The van der Waals surface area contributed by atoms with E-state index in [1.165, 1.54) is 10.4 Å². The first-order chi connectivity index (χ1) is 9.98. The van der Waals surface area contributed by atoms with Crippen molar-refractivity contribution in [2.45, 2.75) is 37.1 Å². The minimum absolute atomic E-state index is 0.213. The Bertz CT molecular complexity index is 566. The zero-order valence-electron chi connectivity index (χ0n) is 12.0. The first-order valence-corrected chi connectivity index (χ1v) is 8.59. The van der Waals surface area contributed by atoms with E-state index in [1.807, 2.05) is 6.92 Å². The summed E-state index contributed by atoms with van der Waals surface area (Å²) in [4.78, 5) is -0.836. The molecule has 1 N–H and O–H groups in total. The molecule has 0 radical (unpaired) electrons. The summed E-state index contributed by atoms with van der Waals surface area (Å²) < 4.78 is 54.3. The Kier molecular flexibility index (Phi) is 5.29. The SMILES string of the molecule is CCCN(C1CCNCC1)S(=O)(=O)c1c(F)cccc1F. The maximum absolute atomic E-state index is 13.9. The van der Waals surface area contributed by atoms with E-state index >= 15 is 0 Å². The van der Waals surface area contributed by atoms with Gasteiger partial charge in [0.1, 0.15) is 11.6 Å². The van der Waals surface area contributed by atoms with Crippen LogP contribution in [0, 0.1) is 11.6 Å². The highest BCUT2D eigenvalue weighted by Gasteiger charge is 2.35. The van der Waals surface area contributed by atoms with Gasteiger partial charge in [-0.2, -0.15) is 4.31 Å². The van der Waals surface area contributed by atoms with E-state index in [2.05, 4.69) is 5.32 Å². The molecule has 0 amide bonds. The average Bonchev–Trinajstić information content (AvgIpc) is 2.45. The highest BCUT2D eigenvalue weighted by molar-refractivity contribution is 7.89. The lowest BCUT2D eigenvalue weighted by Gasteiger charge is -2.33. The van der Waals surface area contributed by atoms with Crippen molar-refractivity contribution in [1.82, 2.24) is 9.62 Å². The van der Waals surface area contributed by atoms with Gasteiger partial charge in [0.05, 0.1) is 0 Å². The first-order valence-electron chi connectivity index (χ1n) is 7.15. The van der Waals surface area contributed by atoms with E-state index in [0.717, 1.165) is 12.1 Å². The molecular weight excluding hydrogens is 298 g/mol. The topological polar surface area (TPSA) is 49.4 Å². The summed E-state index contributed by atoms with van der Waals surface area (Å²) >= 11 is 0. The Morgan fingerprint density at radius 3 is 2.33 bits per heavy atom. The fourth-order valence-corrected chi connectivity index (χ4v) is 4.55. The quantitative estimate of drug-likeness (QED) is 0.905. The van der Waals surface area contributed by atoms with Crippen LogP contribution in [0.3, 0.4) is 0 Å². The highest BCUT2D eigenvalue weighted by Crippen LogP contribution is 2.26. The summed E-state index contributed by atoms with van der Waals surface area (Å²) in [5.74, 6) is -2.07. The molecule has 1 saturated heterocycles. The average molecular weight is 318 g/mol. The maximum Gasteiger partial charge on any atom is 0.249 e. The molecule has 1 aliphatic rings. The molecule has 4 nitrogen and oxygen atoms in total. The van der Waals surface area contributed by atoms with Crippen LogP contribution in [0.4, 0.5) is 8.78 Å². The van der Waals surface area contributed by atoms with Crippen LogP contribution in [0.25, 0.3) is 0 Å². The maximum atomic E-state index is 13.9. The fraction of sp³-hybridized carbons (Fsp3) is 0.571. The van der Waals surface area contributed by atoms with E-state index in [4.69, 9.17) is 0 Å². The Hall–Kier alpha value is -1.05. The van der Waals surface area contributed by atoms with Crippen molar-refractivity contribution in [3.63, 3.8) is 0 Å². The summed E-state index contributed by atoms with van der Waals surface area (Å²) in [6.07, 6.45) is 1.89. The standard InChI is InChI=1S/C14H20F2N2O2S/c1-2-10-18(11-6-8-17-9-7-11)21(19,20)14-12(15)4-3-5-13(14)16/h3-5,11,17H,2,6-10H2,1H3. The second kappa shape index (κ2) is 6.81. The van der Waals surface area contributed by atoms with Gasteiger partial charge in [-0.3, -0.25) is 0 Å². The third-order valence-electron chi connectivity index (χ3n) is 3.65. The molecule has 0 atom stereocenters. The van der Waals surface area contributed by atoms with Gasteiger partial charge >= 0.3 is 0 Å². The number of hydrogen-bond acceptors (Lipinski definition) is 3. The summed E-state index contributed by atoms with van der Waals surface area (Å²) in [6, 6.07) is 2.90. The van der Waals surface area contributed by atoms with E-state index in [0.29, 0.717) is 32.4 Å². The van der Waals surface area contributed by atoms with Crippen molar-refractivity contribution in [3.05, 3.63) is 29.8 Å². The van der Waals surface area contributed by atoms with Crippen molar-refractivity contribution in [3.8, 4) is 0 Å². The van der Waals surface area contributed by atoms with Crippen LogP contribution < -0.4 is 5.32 Å². The Balaban J connectivity index is 2.42. The number of hydrogen-bond donors (Lipinski definition) is 1. The van der Waals surface area contributed by atoms with Gasteiger partial charge in [0, 0.05) is 12.6 Å². The van der Waals surface area contributed by atoms with Gasteiger partial charge in [0.15, 0.2) is 4.90 Å². The zero-order valence-corrected chi connectivity index (χ0v) is 12.8. The first kappa shape index (κ1) is 16.3. The molecule has 0 saturated carbocycles.